The van der Waals surface area contributed by atoms with Crippen molar-refractivity contribution in [1.29, 1.82) is 0 Å². The fraction of sp³-hybridized carbons (Fsp3) is 0.304. The molecule has 0 radical (unpaired) electrons. The molecule has 9 nitrogen and oxygen atoms in total. The lowest BCUT2D eigenvalue weighted by Gasteiger charge is -2.11. The zero-order valence-electron chi connectivity index (χ0n) is 18.4. The summed E-state index contributed by atoms with van der Waals surface area (Å²) in [4.78, 5) is 35.4. The maximum Gasteiger partial charge on any atom is 0.329 e. The van der Waals surface area contributed by atoms with Crippen LogP contribution >= 0.6 is 0 Å². The van der Waals surface area contributed by atoms with Crippen molar-refractivity contribution in [3.63, 3.8) is 0 Å². The van der Waals surface area contributed by atoms with Crippen molar-refractivity contribution in [1.82, 2.24) is 10.7 Å². The third-order valence-electron chi connectivity index (χ3n) is 4.53. The van der Waals surface area contributed by atoms with Crippen LogP contribution in [0.5, 0.6) is 5.75 Å². The molecule has 0 bridgehead atoms. The van der Waals surface area contributed by atoms with Crippen molar-refractivity contribution in [2.24, 2.45) is 5.10 Å². The van der Waals surface area contributed by atoms with Crippen LogP contribution in [0.15, 0.2) is 47.6 Å². The van der Waals surface area contributed by atoms with Crippen LogP contribution < -0.4 is 20.8 Å². The average Bonchev–Trinajstić information content (AvgIpc) is 2.79. The van der Waals surface area contributed by atoms with Crippen molar-refractivity contribution in [3.8, 4) is 5.75 Å². The van der Waals surface area contributed by atoms with E-state index in [9.17, 15) is 14.4 Å². The first-order valence-corrected chi connectivity index (χ1v) is 10.1. The zero-order chi connectivity index (χ0) is 23.3. The minimum absolute atomic E-state index is 0.129. The van der Waals surface area contributed by atoms with Gasteiger partial charge >= 0.3 is 11.8 Å². The number of anilines is 1. The van der Waals surface area contributed by atoms with Gasteiger partial charge in [0.05, 0.1) is 6.21 Å². The molecule has 2 aromatic carbocycles. The Hall–Kier alpha value is -3.72. The Morgan fingerprint density at radius 2 is 1.78 bits per heavy atom. The minimum atomic E-state index is -0.853. The zero-order valence-corrected chi connectivity index (χ0v) is 18.4. The predicted octanol–water partition coefficient (Wildman–Crippen LogP) is 1.92. The summed E-state index contributed by atoms with van der Waals surface area (Å²) in [6.45, 7) is 4.64. The second kappa shape index (κ2) is 12.9. The Balaban J connectivity index is 1.75. The minimum Gasteiger partial charge on any atom is -0.484 e. The summed E-state index contributed by atoms with van der Waals surface area (Å²) in [5.74, 6) is -1.36. The number of ether oxygens (including phenoxy) is 2. The number of rotatable bonds is 10. The molecule has 3 N–H and O–H groups in total. The van der Waals surface area contributed by atoms with Gasteiger partial charge in [0.15, 0.2) is 6.61 Å². The number of carbonyl (C=O) groups is 3. The first-order chi connectivity index (χ1) is 15.4. The number of nitrogens with one attached hydrogen (secondary N) is 3. The molecule has 0 saturated heterocycles. The molecule has 0 heterocycles. The van der Waals surface area contributed by atoms with Gasteiger partial charge in [0.2, 0.25) is 0 Å². The summed E-state index contributed by atoms with van der Waals surface area (Å²) in [6, 6.07) is 12.5. The Bertz CT molecular complexity index is 957. The van der Waals surface area contributed by atoms with Gasteiger partial charge in [-0.2, -0.15) is 5.10 Å². The number of amides is 3. The molecule has 0 aromatic heterocycles. The van der Waals surface area contributed by atoms with Gasteiger partial charge in [-0.1, -0.05) is 12.1 Å². The van der Waals surface area contributed by atoms with E-state index in [1.165, 1.54) is 6.21 Å². The molecule has 2 rings (SSSR count). The van der Waals surface area contributed by atoms with Crippen molar-refractivity contribution in [3.05, 3.63) is 59.2 Å². The predicted molar refractivity (Wildman–Crippen MR) is 122 cm³/mol. The smallest absolute Gasteiger partial charge is 0.329 e. The van der Waals surface area contributed by atoms with Gasteiger partial charge in [-0.3, -0.25) is 14.4 Å². The van der Waals surface area contributed by atoms with Crippen molar-refractivity contribution < 1.29 is 23.9 Å². The molecule has 9 heteroatoms. The van der Waals surface area contributed by atoms with Gasteiger partial charge in [0, 0.05) is 25.9 Å². The molecular formula is C23H28N4O5. The number of carbonyl (C=O) groups excluding carboxylic acids is 3. The van der Waals surface area contributed by atoms with E-state index in [0.29, 0.717) is 30.9 Å². The highest BCUT2D eigenvalue weighted by atomic mass is 16.5. The van der Waals surface area contributed by atoms with E-state index >= 15 is 0 Å². The van der Waals surface area contributed by atoms with Gasteiger partial charge in [-0.05, 0) is 67.3 Å². The first-order valence-electron chi connectivity index (χ1n) is 10.1. The van der Waals surface area contributed by atoms with E-state index in [2.05, 4.69) is 21.2 Å². The van der Waals surface area contributed by atoms with Crippen LogP contribution in [0.1, 0.15) is 23.1 Å². The molecule has 0 saturated carbocycles. The number of methoxy groups -OCH3 is 1. The van der Waals surface area contributed by atoms with Crippen LogP contribution in [0.3, 0.4) is 0 Å². The van der Waals surface area contributed by atoms with Crippen LogP contribution in [0, 0.1) is 13.8 Å². The molecule has 0 aliphatic carbocycles. The second-order valence-electron chi connectivity index (χ2n) is 6.95. The molecule has 2 aromatic rings. The number of nitrogens with zero attached hydrogens (tertiary/aromatic N) is 1. The standard InChI is InChI=1S/C23H28N4O5/c1-16-6-4-7-20(17(16)2)26-21(28)15-32-19-10-8-18(9-11-19)14-25-27-23(30)22(29)24-12-5-13-31-3/h4,6-11,14H,5,12-13,15H2,1-3H3,(H,24,29)(H,26,28)(H,27,30)/b25-14-. The van der Waals surface area contributed by atoms with Gasteiger partial charge in [0.25, 0.3) is 5.91 Å². The molecule has 170 valence electrons. The molecule has 0 atom stereocenters. The highest BCUT2D eigenvalue weighted by molar-refractivity contribution is 6.35. The van der Waals surface area contributed by atoms with E-state index in [-0.39, 0.29) is 12.5 Å². The highest BCUT2D eigenvalue weighted by Gasteiger charge is 2.11. The molecular weight excluding hydrogens is 412 g/mol. The third-order valence-corrected chi connectivity index (χ3v) is 4.53. The lowest BCUT2D eigenvalue weighted by atomic mass is 10.1. The van der Waals surface area contributed by atoms with Gasteiger partial charge in [-0.15, -0.1) is 0 Å². The van der Waals surface area contributed by atoms with Crippen molar-refractivity contribution >= 4 is 29.6 Å². The number of hydrogen-bond acceptors (Lipinski definition) is 6. The fourth-order valence-corrected chi connectivity index (χ4v) is 2.59. The summed E-state index contributed by atoms with van der Waals surface area (Å²) in [5, 5.41) is 9.06. The number of hydrazone groups is 1. The lowest BCUT2D eigenvalue weighted by molar-refractivity contribution is -0.139. The molecule has 0 fully saturated rings. The van der Waals surface area contributed by atoms with Crippen LogP contribution in [0.4, 0.5) is 5.69 Å². The summed E-state index contributed by atoms with van der Waals surface area (Å²) in [5.41, 5.74) is 5.71. The van der Waals surface area contributed by atoms with Gasteiger partial charge in [0.1, 0.15) is 5.75 Å². The monoisotopic (exact) mass is 440 g/mol. The van der Waals surface area contributed by atoms with Crippen LogP contribution in [0.2, 0.25) is 0 Å². The molecule has 0 aliphatic rings. The number of aryl methyl sites for hydroxylation is 1. The first kappa shape index (κ1) is 24.5. The van der Waals surface area contributed by atoms with Crippen LogP contribution in [-0.4, -0.2) is 50.8 Å². The molecule has 3 amide bonds. The van der Waals surface area contributed by atoms with E-state index in [0.717, 1.165) is 16.8 Å². The van der Waals surface area contributed by atoms with E-state index < -0.39 is 11.8 Å². The molecule has 32 heavy (non-hydrogen) atoms. The maximum atomic E-state index is 12.1. The quantitative estimate of drug-likeness (QED) is 0.226. The normalized spacial score (nSPS) is 10.6. The lowest BCUT2D eigenvalue weighted by Crippen LogP contribution is -2.38. The second-order valence-corrected chi connectivity index (χ2v) is 6.95. The summed E-state index contributed by atoms with van der Waals surface area (Å²) < 4.78 is 10.4. The summed E-state index contributed by atoms with van der Waals surface area (Å²) in [6.07, 6.45) is 2.01. The Morgan fingerprint density at radius 1 is 1.03 bits per heavy atom. The van der Waals surface area contributed by atoms with Crippen LogP contribution in [0.25, 0.3) is 0 Å². The summed E-state index contributed by atoms with van der Waals surface area (Å²) in [7, 11) is 1.56. The topological polar surface area (TPSA) is 118 Å². The largest absolute Gasteiger partial charge is 0.484 e. The van der Waals surface area contributed by atoms with E-state index in [1.807, 2.05) is 32.0 Å². The molecule has 0 spiro atoms. The highest BCUT2D eigenvalue weighted by Crippen LogP contribution is 2.18. The number of hydrogen-bond donors (Lipinski definition) is 3. The van der Waals surface area contributed by atoms with Crippen molar-refractivity contribution in [2.45, 2.75) is 20.3 Å². The Kier molecular flexibility index (Phi) is 9.86. The Labute approximate surface area is 187 Å². The number of benzene rings is 2. The Morgan fingerprint density at radius 3 is 2.50 bits per heavy atom. The average molecular weight is 441 g/mol. The van der Waals surface area contributed by atoms with E-state index in [1.54, 1.807) is 31.4 Å². The fourth-order valence-electron chi connectivity index (χ4n) is 2.59. The van der Waals surface area contributed by atoms with E-state index in [4.69, 9.17) is 9.47 Å². The maximum absolute atomic E-state index is 12.1. The molecule has 0 unspecified atom stereocenters. The summed E-state index contributed by atoms with van der Waals surface area (Å²) >= 11 is 0. The van der Waals surface area contributed by atoms with Crippen molar-refractivity contribution in [2.75, 3.05) is 32.2 Å². The van der Waals surface area contributed by atoms with Gasteiger partial charge < -0.3 is 20.1 Å². The van der Waals surface area contributed by atoms with Gasteiger partial charge in [-0.25, -0.2) is 5.43 Å². The third kappa shape index (κ3) is 8.19. The SMILES string of the molecule is COCCCNC(=O)C(=O)N/N=C\c1ccc(OCC(=O)Nc2cccc(C)c2C)cc1. The molecule has 0 aliphatic heterocycles. The van der Waals surface area contributed by atoms with Crippen LogP contribution in [-0.2, 0) is 19.1 Å².